The van der Waals surface area contributed by atoms with Gasteiger partial charge >= 0.3 is 5.97 Å². The molecule has 3 aliphatic heterocycles. The van der Waals surface area contributed by atoms with E-state index >= 15 is 4.39 Å². The first kappa shape index (κ1) is 53.4. The molecule has 4 aromatic rings. The Bertz CT molecular complexity index is 3090. The van der Waals surface area contributed by atoms with Crippen LogP contribution in [0.3, 0.4) is 0 Å². The van der Waals surface area contributed by atoms with E-state index in [2.05, 4.69) is 31.9 Å². The highest BCUT2D eigenvalue weighted by atomic mass is 35.5. The van der Waals surface area contributed by atoms with Crippen molar-refractivity contribution in [3.8, 4) is 11.4 Å². The van der Waals surface area contributed by atoms with Crippen molar-refractivity contribution in [3.63, 3.8) is 0 Å². The van der Waals surface area contributed by atoms with Crippen molar-refractivity contribution in [2.45, 2.75) is 89.1 Å². The number of hydrogen-bond donors (Lipinski definition) is 7. The van der Waals surface area contributed by atoms with Crippen LogP contribution in [0.25, 0.3) is 22.3 Å². The van der Waals surface area contributed by atoms with E-state index in [1.54, 1.807) is 37.3 Å². The lowest BCUT2D eigenvalue weighted by atomic mass is 9.83. The summed E-state index contributed by atoms with van der Waals surface area (Å²) in [5.74, 6) is -6.11. The summed E-state index contributed by atoms with van der Waals surface area (Å²) in [5.41, 5.74) is 0.771. The molecular formula is C51H53ClFN9O13. The zero-order valence-electron chi connectivity index (χ0n) is 40.6. The highest BCUT2D eigenvalue weighted by molar-refractivity contribution is 6.32. The Labute approximate surface area is 432 Å². The fourth-order valence-corrected chi connectivity index (χ4v) is 9.80. The highest BCUT2D eigenvalue weighted by Gasteiger charge is 2.46. The molecule has 0 radical (unpaired) electrons. The number of amides is 8. The summed E-state index contributed by atoms with van der Waals surface area (Å²) in [6, 6.07) is 9.58. The Morgan fingerprint density at radius 3 is 2.33 bits per heavy atom. The lowest BCUT2D eigenvalue weighted by Gasteiger charge is -2.31. The molecule has 0 bridgehead atoms. The number of cyclic esters (lactones) is 1. The van der Waals surface area contributed by atoms with Gasteiger partial charge in [-0.25, -0.2) is 14.2 Å². The first-order valence-corrected chi connectivity index (χ1v) is 24.7. The third-order valence-corrected chi connectivity index (χ3v) is 13.8. The molecular weight excluding hydrogens is 1000 g/mol. The van der Waals surface area contributed by atoms with Crippen LogP contribution in [-0.4, -0.2) is 118 Å². The quantitative estimate of drug-likeness (QED) is 0.0217. The normalized spacial score (nSPS) is 17.4. The lowest BCUT2D eigenvalue weighted by molar-refractivity contribution is -0.172. The number of aryl methyl sites for hydroxylation is 1. The molecule has 0 unspecified atom stereocenters. The molecule has 75 heavy (non-hydrogen) atoms. The molecule has 22 nitrogen and oxygen atoms in total. The molecule has 24 heteroatoms. The second-order valence-corrected chi connectivity index (χ2v) is 18.7. The number of nitrogens with zero attached hydrogens (tertiary/aromatic N) is 3. The van der Waals surface area contributed by atoms with Crippen LogP contribution < -0.4 is 37.5 Å². The number of halogens is 2. The molecule has 8 rings (SSSR count). The second kappa shape index (κ2) is 23.1. The number of imide groups is 1. The highest BCUT2D eigenvalue weighted by Crippen LogP contribution is 2.46. The van der Waals surface area contributed by atoms with E-state index < -0.39 is 103 Å². The van der Waals surface area contributed by atoms with Crippen LogP contribution >= 0.6 is 11.6 Å². The number of nitrogens with one attached hydrogen (secondary N) is 6. The van der Waals surface area contributed by atoms with Crippen molar-refractivity contribution in [2.24, 2.45) is 0 Å². The Balaban J connectivity index is 0.805. The predicted octanol–water partition coefficient (Wildman–Crippen LogP) is 0.627. The van der Waals surface area contributed by atoms with Crippen LogP contribution in [0.15, 0.2) is 59.4 Å². The van der Waals surface area contributed by atoms with Crippen molar-refractivity contribution in [3.05, 3.63) is 109 Å². The summed E-state index contributed by atoms with van der Waals surface area (Å²) >= 11 is 6.48. The summed E-state index contributed by atoms with van der Waals surface area (Å²) in [5, 5.41) is 27.0. The third-order valence-electron chi connectivity index (χ3n) is 13.4. The Morgan fingerprint density at radius 1 is 0.880 bits per heavy atom. The number of carbonyl (C=O) groups is 9. The number of fused-ring (bicyclic) bond motifs is 5. The predicted molar refractivity (Wildman–Crippen MR) is 263 cm³/mol. The largest absolute Gasteiger partial charge is 0.458 e. The number of hydrogen-bond acceptors (Lipinski definition) is 14. The van der Waals surface area contributed by atoms with Crippen LogP contribution in [0, 0.1) is 5.82 Å². The molecule has 2 aromatic carbocycles. The zero-order chi connectivity index (χ0) is 53.6. The number of pyridine rings is 2. The average molecular weight is 1050 g/mol. The first-order valence-electron chi connectivity index (χ1n) is 24.3. The Morgan fingerprint density at radius 2 is 1.59 bits per heavy atom. The number of ether oxygens (including phenoxy) is 2. The van der Waals surface area contributed by atoms with Gasteiger partial charge in [-0.1, -0.05) is 55.3 Å². The number of carbonyl (C=O) groups excluding carboxylic acids is 9. The van der Waals surface area contributed by atoms with Gasteiger partial charge in [0, 0.05) is 54.1 Å². The maximum absolute atomic E-state index is 15.2. The van der Waals surface area contributed by atoms with E-state index in [1.807, 2.05) is 0 Å². The second-order valence-electron chi connectivity index (χ2n) is 18.3. The van der Waals surface area contributed by atoms with Crippen molar-refractivity contribution >= 4 is 75.7 Å². The number of aromatic nitrogens is 2. The zero-order valence-corrected chi connectivity index (χ0v) is 41.4. The molecule has 1 aliphatic carbocycles. The molecule has 2 aromatic heterocycles. The van der Waals surface area contributed by atoms with Gasteiger partial charge < -0.3 is 51.0 Å². The molecule has 4 aliphatic rings. The Kier molecular flexibility index (Phi) is 16.5. The number of benzene rings is 2. The monoisotopic (exact) mass is 1050 g/mol. The van der Waals surface area contributed by atoms with Crippen LogP contribution in [0.1, 0.15) is 84.9 Å². The molecule has 0 spiro atoms. The van der Waals surface area contributed by atoms with Gasteiger partial charge in [0.25, 0.3) is 17.4 Å². The first-order chi connectivity index (χ1) is 36.0. The molecule has 5 heterocycles. The number of esters is 1. The summed E-state index contributed by atoms with van der Waals surface area (Å²) in [7, 11) is 0. The van der Waals surface area contributed by atoms with E-state index in [9.17, 15) is 53.1 Å². The lowest BCUT2D eigenvalue weighted by Crippen LogP contribution is -2.52. The van der Waals surface area contributed by atoms with Crippen molar-refractivity contribution in [1.29, 1.82) is 0 Å². The van der Waals surface area contributed by atoms with Gasteiger partial charge in [0.2, 0.25) is 35.4 Å². The molecule has 0 saturated heterocycles. The Hall–Kier alpha value is -7.89. The van der Waals surface area contributed by atoms with Crippen molar-refractivity contribution in [2.75, 3.05) is 39.5 Å². The summed E-state index contributed by atoms with van der Waals surface area (Å²) in [6.45, 7) is -0.928. The third kappa shape index (κ3) is 11.7. The summed E-state index contributed by atoms with van der Waals surface area (Å²) in [4.78, 5) is 133. The van der Waals surface area contributed by atoms with Crippen molar-refractivity contribution in [1.82, 2.24) is 46.4 Å². The number of aliphatic hydroxyl groups is 1. The van der Waals surface area contributed by atoms with E-state index in [0.717, 1.165) is 4.90 Å². The SMILES string of the molecule is CC[C@@]1(O)C(=O)OCc2c1cc1n(c2=O)Cc2c-1nc1cc(F)c(Cl)c3c1c2[C@@H](NC(=O)COCNC(=O)CNC(=O)[C@H](Cc1ccccc1)NC(=O)CNC(=O)CNC(=O)CCCCCN1C(=O)C=CC1=O)CC3. The van der Waals surface area contributed by atoms with Gasteiger partial charge in [-0.15, -0.1) is 0 Å². The van der Waals surface area contributed by atoms with Gasteiger partial charge in [-0.3, -0.25) is 48.1 Å². The summed E-state index contributed by atoms with van der Waals surface area (Å²) < 4.78 is 27.3. The van der Waals surface area contributed by atoms with Crippen LogP contribution in [-0.2, 0) is 84.2 Å². The standard InChI is InChI=1S/C51H53ClFN9O13/c1-2-51(73)31-18-36-47-29(23-62(36)49(71)30(31)24-75-50(51)72)45-33(13-12-28-44(45)34(60-47)19-32(53)46(28)52)58-41(67)25-74-26-57-39(65)21-56-48(70)35(17-27-9-5-3-6-10-27)59-40(66)22-55-38(64)20-54-37(63)11-7-4-8-16-61-42(68)14-15-43(61)69/h3,5-6,9-10,14-15,18-19,33,35,73H,2,4,7-8,11-13,16-17,20-26H2,1H3,(H,54,63)(H,55,64)(H,56,70)(H,57,65)(H,58,67)(H,59,66)/t33-,35-,51-/m0/s1. The van der Waals surface area contributed by atoms with Gasteiger partial charge in [0.05, 0.1) is 59.7 Å². The molecule has 8 amide bonds. The average Bonchev–Trinajstić information content (AvgIpc) is 3.98. The summed E-state index contributed by atoms with van der Waals surface area (Å²) in [6.07, 6.45) is 4.56. The van der Waals surface area contributed by atoms with E-state index in [0.29, 0.717) is 58.3 Å². The van der Waals surface area contributed by atoms with Gasteiger partial charge in [0.1, 0.15) is 31.8 Å². The van der Waals surface area contributed by atoms with Gasteiger partial charge in [-0.05, 0) is 54.9 Å². The fraction of sp³-hybridized carbons (Fsp3) is 0.392. The number of rotatable bonds is 22. The molecule has 3 atom stereocenters. The smallest absolute Gasteiger partial charge is 0.343 e. The maximum Gasteiger partial charge on any atom is 0.343 e. The topological polar surface area (TPSA) is 303 Å². The van der Waals surface area contributed by atoms with Gasteiger partial charge in [-0.2, -0.15) is 0 Å². The molecule has 394 valence electrons. The van der Waals surface area contributed by atoms with Crippen LogP contribution in [0.2, 0.25) is 5.02 Å². The van der Waals surface area contributed by atoms with Crippen LogP contribution in [0.5, 0.6) is 0 Å². The minimum Gasteiger partial charge on any atom is -0.458 e. The maximum atomic E-state index is 15.2. The minimum atomic E-state index is -2.07. The molecule has 7 N–H and O–H groups in total. The van der Waals surface area contributed by atoms with Crippen LogP contribution in [0.4, 0.5) is 4.39 Å². The van der Waals surface area contributed by atoms with E-state index in [4.69, 9.17) is 26.1 Å². The van der Waals surface area contributed by atoms with E-state index in [1.165, 1.54) is 28.9 Å². The molecule has 0 fully saturated rings. The van der Waals surface area contributed by atoms with E-state index in [-0.39, 0.29) is 85.3 Å². The molecule has 0 saturated carbocycles. The minimum absolute atomic E-state index is 0.00737. The number of unbranched alkanes of at least 4 members (excludes halogenated alkanes) is 2. The fourth-order valence-electron chi connectivity index (χ4n) is 9.56. The van der Waals surface area contributed by atoms with Gasteiger partial charge in [0.15, 0.2) is 5.60 Å². The van der Waals surface area contributed by atoms with Crippen molar-refractivity contribution < 1.29 is 62.1 Å².